The molecule has 2 aliphatic rings. The van der Waals surface area contributed by atoms with Crippen molar-refractivity contribution in [3.05, 3.63) is 0 Å². The number of rotatable bonds is 5. The molecule has 0 saturated carbocycles. The molecule has 5 atom stereocenters. The van der Waals surface area contributed by atoms with Crippen LogP contribution in [0.5, 0.6) is 0 Å². The molecule has 0 aliphatic carbocycles. The summed E-state index contributed by atoms with van der Waals surface area (Å²) in [5.41, 5.74) is 5.49. The number of hydrogen-bond acceptors (Lipinski definition) is 6. The molecule has 7 heteroatoms. The fraction of sp³-hybridized carbons (Fsp3) is 1.00. The smallest absolute Gasteiger partial charge is 0.131 e. The maximum Gasteiger partial charge on any atom is 0.131 e. The van der Waals surface area contributed by atoms with Crippen LogP contribution >= 0.6 is 0 Å². The number of nitrogens with two attached hydrogens (primary N) is 1. The van der Waals surface area contributed by atoms with E-state index in [1.165, 1.54) is 0 Å². The Bertz CT molecular complexity index is 284. The highest BCUT2D eigenvalue weighted by Crippen LogP contribution is 2.42. The van der Waals surface area contributed by atoms with Gasteiger partial charge in [0.1, 0.15) is 25.8 Å². The molecule has 2 heterocycles. The first-order valence-electron chi connectivity index (χ1n) is 5.73. The van der Waals surface area contributed by atoms with E-state index in [-0.39, 0.29) is 18.4 Å². The molecule has 0 aromatic heterocycles. The average molecular weight is 241 g/mol. The normalized spacial score (nSPS) is 43.2. The molecule has 96 valence electrons. The van der Waals surface area contributed by atoms with E-state index in [9.17, 15) is 0 Å². The molecule has 2 rings (SSSR count). The molecule has 2 aliphatic heterocycles. The summed E-state index contributed by atoms with van der Waals surface area (Å²) in [5, 5.41) is 3.01. The van der Waals surface area contributed by atoms with Crippen molar-refractivity contribution < 1.29 is 14.2 Å². The van der Waals surface area contributed by atoms with Crippen LogP contribution < -0.4 is 11.1 Å². The third-order valence-electron chi connectivity index (χ3n) is 3.66. The highest BCUT2D eigenvalue weighted by molar-refractivity contribution is 6.12. The maximum absolute atomic E-state index is 6.01. The van der Waals surface area contributed by atoms with E-state index in [0.717, 1.165) is 0 Å². The predicted molar refractivity (Wildman–Crippen MR) is 63.6 cm³/mol. The molecule has 2 fully saturated rings. The first kappa shape index (κ1) is 13.3. The Hall–Kier alpha value is -0.175. The summed E-state index contributed by atoms with van der Waals surface area (Å²) in [7, 11) is 11.1. The lowest BCUT2D eigenvalue weighted by Gasteiger charge is -2.38. The molecule has 2 radical (unpaired) electrons. The molecular formula is C10H20BN3O3. The maximum atomic E-state index is 6.01. The molecule has 6 nitrogen and oxygen atoms in total. The Kier molecular flexibility index (Phi) is 3.77. The number of methoxy groups -OCH3 is 2. The number of hydrogen-bond donors (Lipinski definition) is 2. The quantitative estimate of drug-likeness (QED) is 0.431. The van der Waals surface area contributed by atoms with Gasteiger partial charge in [0.25, 0.3) is 0 Å². The molecule has 2 bridgehead atoms. The van der Waals surface area contributed by atoms with Crippen molar-refractivity contribution in [2.24, 2.45) is 5.73 Å². The summed E-state index contributed by atoms with van der Waals surface area (Å²) in [4.78, 5) is 2.07. The van der Waals surface area contributed by atoms with Gasteiger partial charge in [0.05, 0.1) is 12.6 Å². The molecule has 17 heavy (non-hydrogen) atoms. The molecule has 0 amide bonds. The Morgan fingerprint density at radius 2 is 2.35 bits per heavy atom. The second kappa shape index (κ2) is 4.83. The Balaban J connectivity index is 2.23. The summed E-state index contributed by atoms with van der Waals surface area (Å²) >= 11 is 0. The van der Waals surface area contributed by atoms with E-state index >= 15 is 0 Å². The van der Waals surface area contributed by atoms with Crippen molar-refractivity contribution in [1.29, 1.82) is 0 Å². The second-order valence-electron chi connectivity index (χ2n) is 4.63. The topological polar surface area (TPSA) is 69.0 Å². The Morgan fingerprint density at radius 1 is 1.65 bits per heavy atom. The number of fused-ring (bicyclic) bond motifs is 2. The number of likely N-dealkylation sites (tertiary alicyclic amines) is 1. The van der Waals surface area contributed by atoms with Crippen LogP contribution in [-0.2, 0) is 14.2 Å². The lowest BCUT2D eigenvalue weighted by Crippen LogP contribution is -2.59. The monoisotopic (exact) mass is 241 g/mol. The highest BCUT2D eigenvalue weighted by atomic mass is 16.6. The minimum absolute atomic E-state index is 0.0439. The summed E-state index contributed by atoms with van der Waals surface area (Å²) < 4.78 is 16.6. The second-order valence-corrected chi connectivity index (χ2v) is 4.63. The first-order chi connectivity index (χ1) is 8.09. The van der Waals surface area contributed by atoms with Gasteiger partial charge in [0.15, 0.2) is 0 Å². The molecule has 0 aromatic rings. The van der Waals surface area contributed by atoms with Gasteiger partial charge >= 0.3 is 0 Å². The number of ether oxygens (including phenoxy) is 3. The van der Waals surface area contributed by atoms with Crippen molar-refractivity contribution >= 4 is 7.85 Å². The van der Waals surface area contributed by atoms with E-state index in [1.54, 1.807) is 14.2 Å². The van der Waals surface area contributed by atoms with Crippen molar-refractivity contribution in [2.75, 3.05) is 34.4 Å². The van der Waals surface area contributed by atoms with E-state index < -0.39 is 11.6 Å². The summed E-state index contributed by atoms with van der Waals surface area (Å²) in [6, 6.07) is -0.444. The third kappa shape index (κ3) is 1.91. The van der Waals surface area contributed by atoms with Crippen LogP contribution in [0, 0.1) is 0 Å². The predicted octanol–water partition coefficient (Wildman–Crippen LogP) is -1.94. The summed E-state index contributed by atoms with van der Waals surface area (Å²) in [6.07, 6.45) is -0.372. The van der Waals surface area contributed by atoms with Crippen LogP contribution in [0.15, 0.2) is 0 Å². The van der Waals surface area contributed by atoms with Crippen molar-refractivity contribution in [1.82, 2.24) is 10.2 Å². The minimum Gasteiger partial charge on any atom is -0.382 e. The highest BCUT2D eigenvalue weighted by Gasteiger charge is 2.63. The van der Waals surface area contributed by atoms with Gasteiger partial charge in [-0.05, 0) is 7.05 Å². The van der Waals surface area contributed by atoms with Gasteiger partial charge in [-0.3, -0.25) is 10.2 Å². The zero-order valence-corrected chi connectivity index (χ0v) is 10.6. The largest absolute Gasteiger partial charge is 0.382 e. The van der Waals surface area contributed by atoms with Gasteiger partial charge in [0, 0.05) is 26.8 Å². The molecular weight excluding hydrogens is 221 g/mol. The average Bonchev–Trinajstić information content (AvgIpc) is 2.76. The SMILES string of the molecule is [B][C@@H]1O[C@@]2(COC)CN(C(N)NC)[C@H]1C2OC. The van der Waals surface area contributed by atoms with Gasteiger partial charge < -0.3 is 19.9 Å². The van der Waals surface area contributed by atoms with Gasteiger partial charge in [-0.1, -0.05) is 0 Å². The lowest BCUT2D eigenvalue weighted by atomic mass is 9.90. The lowest BCUT2D eigenvalue weighted by molar-refractivity contribution is -0.124. The van der Waals surface area contributed by atoms with Crippen molar-refractivity contribution in [2.45, 2.75) is 30.0 Å². The third-order valence-corrected chi connectivity index (χ3v) is 3.66. The van der Waals surface area contributed by atoms with Gasteiger partial charge in [0.2, 0.25) is 0 Å². The van der Waals surface area contributed by atoms with Crippen LogP contribution in [0.1, 0.15) is 0 Å². The van der Waals surface area contributed by atoms with Crippen LogP contribution in [0.25, 0.3) is 0 Å². The van der Waals surface area contributed by atoms with E-state index in [1.807, 2.05) is 7.05 Å². The van der Waals surface area contributed by atoms with Crippen LogP contribution in [0.3, 0.4) is 0 Å². The summed E-state index contributed by atoms with van der Waals surface area (Å²) in [6.45, 7) is 1.10. The number of nitrogens with zero attached hydrogens (tertiary/aromatic N) is 1. The molecule has 3 N–H and O–H groups in total. The van der Waals surface area contributed by atoms with Crippen molar-refractivity contribution in [3.8, 4) is 0 Å². The van der Waals surface area contributed by atoms with Crippen molar-refractivity contribution in [3.63, 3.8) is 0 Å². The van der Waals surface area contributed by atoms with Crippen LogP contribution in [0.2, 0.25) is 0 Å². The molecule has 0 spiro atoms. The zero-order valence-electron chi connectivity index (χ0n) is 10.6. The van der Waals surface area contributed by atoms with Crippen LogP contribution in [0.4, 0.5) is 0 Å². The van der Waals surface area contributed by atoms with Gasteiger partial charge in [-0.2, -0.15) is 0 Å². The number of morpholine rings is 1. The Labute approximate surface area is 103 Å². The molecule has 2 saturated heterocycles. The van der Waals surface area contributed by atoms with E-state index in [4.69, 9.17) is 27.8 Å². The van der Waals surface area contributed by atoms with Crippen LogP contribution in [-0.4, -0.2) is 77.2 Å². The van der Waals surface area contributed by atoms with E-state index in [0.29, 0.717) is 13.2 Å². The zero-order chi connectivity index (χ0) is 12.6. The molecule has 2 unspecified atom stereocenters. The van der Waals surface area contributed by atoms with Gasteiger partial charge in [-0.25, -0.2) is 0 Å². The minimum atomic E-state index is -0.512. The first-order valence-corrected chi connectivity index (χ1v) is 5.73. The fourth-order valence-corrected chi connectivity index (χ4v) is 3.01. The number of nitrogens with one attached hydrogen (secondary N) is 1. The summed E-state index contributed by atoms with van der Waals surface area (Å²) in [5.74, 6) is 0. The standard InChI is InChI=1S/C10H20BN3O3/c1-13-9(12)14-4-10(5-15-2)7(16-3)6(14)8(11)17-10/h6-9,13H,4-5,12H2,1-3H3/t6-,7?,8+,9?,10+/m0/s1. The van der Waals surface area contributed by atoms with E-state index in [2.05, 4.69) is 10.2 Å². The fourth-order valence-electron chi connectivity index (χ4n) is 3.01. The van der Waals surface area contributed by atoms with Gasteiger partial charge in [-0.15, -0.1) is 0 Å². The molecule has 0 aromatic carbocycles. The Morgan fingerprint density at radius 3 is 2.88 bits per heavy atom.